The van der Waals surface area contributed by atoms with Crippen molar-refractivity contribution in [3.05, 3.63) is 36.2 Å². The van der Waals surface area contributed by atoms with Gasteiger partial charge < -0.3 is 0 Å². The smallest absolute Gasteiger partial charge is 0.159 e. The number of alkyl halides is 1. The monoisotopic (exact) mass is 236 g/mol. The number of halogens is 1. The summed E-state index contributed by atoms with van der Waals surface area (Å²) in [4.78, 5) is 8.62. The van der Waals surface area contributed by atoms with Crippen molar-refractivity contribution < 1.29 is 0 Å². The molecule has 0 bridgehead atoms. The second kappa shape index (κ2) is 3.83. The van der Waals surface area contributed by atoms with E-state index < -0.39 is 0 Å². The molecule has 0 radical (unpaired) electrons. The van der Waals surface area contributed by atoms with E-state index in [1.165, 1.54) is 0 Å². The van der Waals surface area contributed by atoms with Crippen LogP contribution in [-0.4, -0.2) is 15.3 Å². The third-order valence-electron chi connectivity index (χ3n) is 1.87. The molecule has 2 rings (SSSR count). The summed E-state index contributed by atoms with van der Waals surface area (Å²) < 4.78 is 0. The normalized spacial score (nSPS) is 10.5. The fourth-order valence-corrected chi connectivity index (χ4v) is 1.63. The van der Waals surface area contributed by atoms with Crippen molar-refractivity contribution in [1.82, 2.24) is 9.97 Å². The summed E-state index contributed by atoms with van der Waals surface area (Å²) >= 11 is 3.39. The first-order valence-electron chi connectivity index (χ1n) is 4.17. The Morgan fingerprint density at radius 2 is 2.15 bits per heavy atom. The quantitative estimate of drug-likeness (QED) is 0.750. The molecule has 0 saturated heterocycles. The van der Waals surface area contributed by atoms with Gasteiger partial charge in [-0.2, -0.15) is 0 Å². The predicted molar refractivity (Wildman–Crippen MR) is 57.0 cm³/mol. The van der Waals surface area contributed by atoms with E-state index in [1.807, 2.05) is 18.2 Å². The Bertz CT molecular complexity index is 414. The second-order valence-corrected chi connectivity index (χ2v) is 3.58. The summed E-state index contributed by atoms with van der Waals surface area (Å²) in [6, 6.07) is 8.06. The van der Waals surface area contributed by atoms with Crippen molar-refractivity contribution in [2.24, 2.45) is 0 Å². The van der Waals surface area contributed by atoms with Gasteiger partial charge in [-0.15, -0.1) is 0 Å². The molecular weight excluding hydrogens is 228 g/mol. The fourth-order valence-electron chi connectivity index (χ4n) is 1.23. The maximum atomic E-state index is 4.42. The molecule has 66 valence electrons. The van der Waals surface area contributed by atoms with E-state index in [9.17, 15) is 0 Å². The molecule has 0 N–H and O–H groups in total. The highest BCUT2D eigenvalue weighted by molar-refractivity contribution is 9.09. The van der Waals surface area contributed by atoms with E-state index in [2.05, 4.69) is 32.0 Å². The largest absolute Gasteiger partial charge is 0.237 e. The van der Waals surface area contributed by atoms with Gasteiger partial charge in [-0.25, -0.2) is 9.97 Å². The van der Waals surface area contributed by atoms with Gasteiger partial charge in [0.05, 0.1) is 0 Å². The molecule has 0 spiro atoms. The number of aromatic nitrogens is 2. The van der Waals surface area contributed by atoms with Crippen LogP contribution in [0.5, 0.6) is 0 Å². The highest BCUT2D eigenvalue weighted by Crippen LogP contribution is 2.09. The van der Waals surface area contributed by atoms with Crippen LogP contribution in [0.3, 0.4) is 0 Å². The third kappa shape index (κ3) is 1.86. The molecule has 0 aromatic carbocycles. The average molecular weight is 237 g/mol. The predicted octanol–water partition coefficient (Wildman–Crippen LogP) is 2.57. The SMILES string of the molecule is BrCCc1ccc2cccnc2n1. The van der Waals surface area contributed by atoms with E-state index in [0.29, 0.717) is 0 Å². The van der Waals surface area contributed by atoms with E-state index >= 15 is 0 Å². The van der Waals surface area contributed by atoms with Crippen molar-refractivity contribution in [3.8, 4) is 0 Å². The number of hydrogen-bond donors (Lipinski definition) is 0. The minimum Gasteiger partial charge on any atom is -0.237 e. The van der Waals surface area contributed by atoms with Gasteiger partial charge in [0.25, 0.3) is 0 Å². The fraction of sp³-hybridized carbons (Fsp3) is 0.200. The summed E-state index contributed by atoms with van der Waals surface area (Å²) in [6.07, 6.45) is 2.72. The van der Waals surface area contributed by atoms with Gasteiger partial charge in [0.15, 0.2) is 5.65 Å². The zero-order valence-corrected chi connectivity index (χ0v) is 8.66. The molecule has 0 aliphatic carbocycles. The molecule has 0 atom stereocenters. The lowest BCUT2D eigenvalue weighted by Gasteiger charge is -1.98. The molecule has 2 aromatic rings. The van der Waals surface area contributed by atoms with E-state index in [0.717, 1.165) is 28.5 Å². The highest BCUT2D eigenvalue weighted by atomic mass is 79.9. The summed E-state index contributed by atoms with van der Waals surface area (Å²) in [5, 5.41) is 2.04. The van der Waals surface area contributed by atoms with Crippen molar-refractivity contribution in [2.45, 2.75) is 6.42 Å². The van der Waals surface area contributed by atoms with Gasteiger partial charge in [-0.05, 0) is 30.7 Å². The van der Waals surface area contributed by atoms with Gasteiger partial charge >= 0.3 is 0 Å². The van der Waals surface area contributed by atoms with Gasteiger partial charge in [-0.3, -0.25) is 0 Å². The van der Waals surface area contributed by atoms with Crippen molar-refractivity contribution in [1.29, 1.82) is 0 Å². The van der Waals surface area contributed by atoms with Gasteiger partial charge in [-0.1, -0.05) is 15.9 Å². The third-order valence-corrected chi connectivity index (χ3v) is 2.27. The van der Waals surface area contributed by atoms with Crippen LogP contribution >= 0.6 is 15.9 Å². The van der Waals surface area contributed by atoms with Crippen molar-refractivity contribution in [3.63, 3.8) is 0 Å². The van der Waals surface area contributed by atoms with Crippen LogP contribution in [0.4, 0.5) is 0 Å². The maximum absolute atomic E-state index is 4.42. The van der Waals surface area contributed by atoms with Crippen LogP contribution < -0.4 is 0 Å². The lowest BCUT2D eigenvalue weighted by atomic mass is 10.2. The number of aryl methyl sites for hydroxylation is 1. The molecule has 0 aliphatic heterocycles. The number of hydrogen-bond acceptors (Lipinski definition) is 2. The van der Waals surface area contributed by atoms with Gasteiger partial charge in [0, 0.05) is 22.6 Å². The standard InChI is InChI=1S/C10H9BrN2/c11-6-5-9-4-3-8-2-1-7-12-10(8)13-9/h1-4,7H,5-6H2. The number of pyridine rings is 2. The van der Waals surface area contributed by atoms with Crippen LogP contribution in [0, 0.1) is 0 Å². The Balaban J connectivity index is 2.49. The Kier molecular flexibility index (Phi) is 2.54. The van der Waals surface area contributed by atoms with Crippen LogP contribution in [0.15, 0.2) is 30.5 Å². The molecule has 0 fully saturated rings. The zero-order valence-electron chi connectivity index (χ0n) is 7.07. The second-order valence-electron chi connectivity index (χ2n) is 2.79. The van der Waals surface area contributed by atoms with Crippen molar-refractivity contribution in [2.75, 3.05) is 5.33 Å². The Labute approximate surface area is 85.1 Å². The Morgan fingerprint density at radius 1 is 1.23 bits per heavy atom. The van der Waals surface area contributed by atoms with Crippen LogP contribution in [0.1, 0.15) is 5.69 Å². The molecule has 13 heavy (non-hydrogen) atoms. The highest BCUT2D eigenvalue weighted by Gasteiger charge is 1.97. The molecule has 2 nitrogen and oxygen atoms in total. The van der Waals surface area contributed by atoms with Gasteiger partial charge in [0.2, 0.25) is 0 Å². The summed E-state index contributed by atoms with van der Waals surface area (Å²) in [7, 11) is 0. The molecular formula is C10H9BrN2. The first-order valence-corrected chi connectivity index (χ1v) is 5.29. The maximum Gasteiger partial charge on any atom is 0.159 e. The molecule has 0 unspecified atom stereocenters. The van der Waals surface area contributed by atoms with Crippen LogP contribution in [0.2, 0.25) is 0 Å². The number of rotatable bonds is 2. The summed E-state index contributed by atoms with van der Waals surface area (Å²) in [5.41, 5.74) is 1.92. The number of nitrogens with zero attached hydrogens (tertiary/aromatic N) is 2. The molecule has 0 aliphatic rings. The lowest BCUT2D eigenvalue weighted by Crippen LogP contribution is -1.92. The lowest BCUT2D eigenvalue weighted by molar-refractivity contribution is 1.06. The average Bonchev–Trinajstić information content (AvgIpc) is 2.18. The van der Waals surface area contributed by atoms with Gasteiger partial charge in [0.1, 0.15) is 0 Å². The minimum absolute atomic E-state index is 0.834. The van der Waals surface area contributed by atoms with E-state index in [4.69, 9.17) is 0 Å². The Morgan fingerprint density at radius 3 is 3.00 bits per heavy atom. The van der Waals surface area contributed by atoms with Crippen LogP contribution in [-0.2, 0) is 6.42 Å². The topological polar surface area (TPSA) is 25.8 Å². The molecule has 0 saturated carbocycles. The first kappa shape index (κ1) is 8.63. The van der Waals surface area contributed by atoms with Crippen LogP contribution in [0.25, 0.3) is 11.0 Å². The minimum atomic E-state index is 0.834. The van der Waals surface area contributed by atoms with Crippen molar-refractivity contribution >= 4 is 27.0 Å². The number of fused-ring (bicyclic) bond motifs is 1. The van der Waals surface area contributed by atoms with E-state index in [-0.39, 0.29) is 0 Å². The molecule has 3 heteroatoms. The summed E-state index contributed by atoms with van der Waals surface area (Å²) in [6.45, 7) is 0. The first-order chi connectivity index (χ1) is 6.40. The zero-order chi connectivity index (χ0) is 9.10. The summed E-state index contributed by atoms with van der Waals surface area (Å²) in [5.74, 6) is 0. The molecule has 2 aromatic heterocycles. The Hall–Kier alpha value is -0.960. The van der Waals surface area contributed by atoms with E-state index in [1.54, 1.807) is 6.20 Å². The molecule has 0 amide bonds. The molecule has 2 heterocycles.